The maximum atomic E-state index is 12.2. The molecule has 19 heavy (non-hydrogen) atoms. The van der Waals surface area contributed by atoms with E-state index in [4.69, 9.17) is 0 Å². The number of nitrogens with one attached hydrogen (secondary N) is 2. The molecule has 2 aromatic heterocycles. The molecule has 100 valence electrons. The van der Waals surface area contributed by atoms with Gasteiger partial charge < -0.3 is 5.32 Å². The Morgan fingerprint density at radius 1 is 1.21 bits per heavy atom. The minimum atomic E-state index is -3.60. The molecule has 0 atom stereocenters. The summed E-state index contributed by atoms with van der Waals surface area (Å²) in [4.78, 5) is 8.03. The number of pyridine rings is 2. The smallest absolute Gasteiger partial charge is 0.244 e. The summed E-state index contributed by atoms with van der Waals surface area (Å²) in [6, 6.07) is 6.65. The van der Waals surface area contributed by atoms with Crippen LogP contribution in [0.2, 0.25) is 0 Å². The van der Waals surface area contributed by atoms with Gasteiger partial charge in [0.05, 0.1) is 0 Å². The van der Waals surface area contributed by atoms with Gasteiger partial charge in [0.15, 0.2) is 0 Å². The van der Waals surface area contributed by atoms with Gasteiger partial charge in [0, 0.05) is 32.2 Å². The average Bonchev–Trinajstić information content (AvgIpc) is 2.46. The molecular weight excluding hydrogens is 264 g/mol. The first-order chi connectivity index (χ1) is 9.13. The number of nitrogens with zero attached hydrogens (tertiary/aromatic N) is 2. The number of anilines is 1. The number of aromatic nitrogens is 2. The van der Waals surface area contributed by atoms with Gasteiger partial charge in [-0.05, 0) is 23.8 Å². The Bertz CT molecular complexity index is 644. The van der Waals surface area contributed by atoms with Crippen molar-refractivity contribution in [2.75, 3.05) is 12.4 Å². The summed E-state index contributed by atoms with van der Waals surface area (Å²) in [6.07, 6.45) is 4.79. The molecule has 0 amide bonds. The average molecular weight is 278 g/mol. The SMILES string of the molecule is CNc1ncccc1S(=O)(=O)NCc1cccnc1. The minimum absolute atomic E-state index is 0.126. The minimum Gasteiger partial charge on any atom is -0.372 e. The Balaban J connectivity index is 2.19. The van der Waals surface area contributed by atoms with Gasteiger partial charge >= 0.3 is 0 Å². The van der Waals surface area contributed by atoms with Crippen molar-refractivity contribution in [2.45, 2.75) is 11.4 Å². The summed E-state index contributed by atoms with van der Waals surface area (Å²) in [7, 11) is -1.98. The third-order valence-electron chi connectivity index (χ3n) is 2.49. The molecule has 0 unspecified atom stereocenters. The Morgan fingerprint density at radius 3 is 2.68 bits per heavy atom. The molecule has 0 bridgehead atoms. The first-order valence-electron chi connectivity index (χ1n) is 5.65. The van der Waals surface area contributed by atoms with E-state index in [-0.39, 0.29) is 11.4 Å². The fraction of sp³-hybridized carbons (Fsp3) is 0.167. The predicted molar refractivity (Wildman–Crippen MR) is 72.0 cm³/mol. The number of hydrogen-bond acceptors (Lipinski definition) is 5. The molecule has 0 fully saturated rings. The van der Waals surface area contributed by atoms with Crippen molar-refractivity contribution in [1.29, 1.82) is 0 Å². The zero-order valence-electron chi connectivity index (χ0n) is 10.4. The molecule has 0 aliphatic rings. The molecule has 0 aliphatic carbocycles. The van der Waals surface area contributed by atoms with E-state index in [0.29, 0.717) is 5.82 Å². The second-order valence-corrected chi connectivity index (χ2v) is 5.52. The summed E-state index contributed by atoms with van der Waals surface area (Å²) in [5.41, 5.74) is 0.793. The van der Waals surface area contributed by atoms with E-state index in [0.717, 1.165) is 5.56 Å². The van der Waals surface area contributed by atoms with Crippen molar-refractivity contribution in [1.82, 2.24) is 14.7 Å². The highest BCUT2D eigenvalue weighted by atomic mass is 32.2. The van der Waals surface area contributed by atoms with Crippen molar-refractivity contribution in [3.05, 3.63) is 48.4 Å². The molecule has 2 rings (SSSR count). The van der Waals surface area contributed by atoms with Crippen LogP contribution in [0.4, 0.5) is 5.82 Å². The topological polar surface area (TPSA) is 84.0 Å². The lowest BCUT2D eigenvalue weighted by atomic mass is 10.3. The second kappa shape index (κ2) is 5.77. The monoisotopic (exact) mass is 278 g/mol. The lowest BCUT2D eigenvalue weighted by Gasteiger charge is -2.09. The highest BCUT2D eigenvalue weighted by Gasteiger charge is 2.18. The van der Waals surface area contributed by atoms with Crippen molar-refractivity contribution < 1.29 is 8.42 Å². The molecule has 2 heterocycles. The van der Waals surface area contributed by atoms with Gasteiger partial charge in [-0.2, -0.15) is 0 Å². The summed E-state index contributed by atoms with van der Waals surface area (Å²) in [6.45, 7) is 0.189. The van der Waals surface area contributed by atoms with E-state index in [9.17, 15) is 8.42 Å². The van der Waals surface area contributed by atoms with Crippen LogP contribution in [0.25, 0.3) is 0 Å². The highest BCUT2D eigenvalue weighted by molar-refractivity contribution is 7.89. The van der Waals surface area contributed by atoms with Crippen LogP contribution in [-0.4, -0.2) is 25.4 Å². The van der Waals surface area contributed by atoms with E-state index < -0.39 is 10.0 Å². The Morgan fingerprint density at radius 2 is 2.00 bits per heavy atom. The van der Waals surface area contributed by atoms with E-state index >= 15 is 0 Å². The quantitative estimate of drug-likeness (QED) is 0.852. The number of hydrogen-bond donors (Lipinski definition) is 2. The standard InChI is InChI=1S/C12H14N4O2S/c1-13-12-11(5-3-7-15-12)19(17,18)16-9-10-4-2-6-14-8-10/h2-8,16H,9H2,1H3,(H,13,15). The largest absolute Gasteiger partial charge is 0.372 e. The number of sulfonamides is 1. The Labute approximate surface area is 112 Å². The Hall–Kier alpha value is -1.99. The predicted octanol–water partition coefficient (Wildman–Crippen LogP) is 0.997. The van der Waals surface area contributed by atoms with Crippen LogP contribution >= 0.6 is 0 Å². The van der Waals surface area contributed by atoms with Crippen LogP contribution in [0.1, 0.15) is 5.56 Å². The lowest BCUT2D eigenvalue weighted by Crippen LogP contribution is -2.24. The lowest BCUT2D eigenvalue weighted by molar-refractivity contribution is 0.581. The zero-order valence-corrected chi connectivity index (χ0v) is 11.2. The molecule has 0 saturated heterocycles. The zero-order chi connectivity index (χ0) is 13.7. The fourth-order valence-electron chi connectivity index (χ4n) is 1.55. The first kappa shape index (κ1) is 13.4. The molecule has 0 aromatic carbocycles. The van der Waals surface area contributed by atoms with Gasteiger partial charge in [-0.15, -0.1) is 0 Å². The van der Waals surface area contributed by atoms with Crippen LogP contribution in [0, 0.1) is 0 Å². The van der Waals surface area contributed by atoms with Gasteiger partial charge in [-0.1, -0.05) is 6.07 Å². The van der Waals surface area contributed by atoms with Gasteiger partial charge in [0.2, 0.25) is 10.0 Å². The molecule has 7 heteroatoms. The molecule has 0 spiro atoms. The normalized spacial score (nSPS) is 11.2. The van der Waals surface area contributed by atoms with Crippen molar-refractivity contribution in [3.8, 4) is 0 Å². The molecular formula is C12H14N4O2S. The van der Waals surface area contributed by atoms with Crippen LogP contribution in [0.3, 0.4) is 0 Å². The third kappa shape index (κ3) is 3.27. The van der Waals surface area contributed by atoms with Crippen molar-refractivity contribution in [3.63, 3.8) is 0 Å². The summed E-state index contributed by atoms with van der Waals surface area (Å²) in [5, 5.41) is 2.76. The maximum Gasteiger partial charge on any atom is 0.244 e. The van der Waals surface area contributed by atoms with Crippen molar-refractivity contribution in [2.24, 2.45) is 0 Å². The number of rotatable bonds is 5. The van der Waals surface area contributed by atoms with E-state index in [1.165, 1.54) is 12.3 Å². The first-order valence-corrected chi connectivity index (χ1v) is 7.13. The summed E-state index contributed by atoms with van der Waals surface area (Å²) >= 11 is 0. The van der Waals surface area contributed by atoms with Gasteiger partial charge in [0.25, 0.3) is 0 Å². The van der Waals surface area contributed by atoms with Crippen LogP contribution in [0.15, 0.2) is 47.8 Å². The summed E-state index contributed by atoms with van der Waals surface area (Å²) < 4.78 is 26.9. The molecule has 0 saturated carbocycles. The molecule has 6 nitrogen and oxygen atoms in total. The molecule has 2 aromatic rings. The maximum absolute atomic E-state index is 12.2. The van der Waals surface area contributed by atoms with Crippen molar-refractivity contribution >= 4 is 15.8 Å². The van der Waals surface area contributed by atoms with Gasteiger partial charge in [-0.25, -0.2) is 18.1 Å². The fourth-order valence-corrected chi connectivity index (χ4v) is 2.73. The van der Waals surface area contributed by atoms with Gasteiger partial charge in [0.1, 0.15) is 10.7 Å². The summed E-state index contributed by atoms with van der Waals surface area (Å²) in [5.74, 6) is 0.321. The van der Waals surface area contributed by atoms with Crippen LogP contribution in [0.5, 0.6) is 0 Å². The van der Waals surface area contributed by atoms with Crippen LogP contribution < -0.4 is 10.0 Å². The molecule has 0 aliphatic heterocycles. The van der Waals surface area contributed by atoms with E-state index in [1.807, 2.05) is 0 Å². The highest BCUT2D eigenvalue weighted by Crippen LogP contribution is 2.17. The van der Waals surface area contributed by atoms with E-state index in [2.05, 4.69) is 20.0 Å². The third-order valence-corrected chi connectivity index (χ3v) is 3.92. The molecule has 2 N–H and O–H groups in total. The van der Waals surface area contributed by atoms with E-state index in [1.54, 1.807) is 37.6 Å². The van der Waals surface area contributed by atoms with Crippen LogP contribution in [-0.2, 0) is 16.6 Å². The Kier molecular flexibility index (Phi) is 4.08. The molecule has 0 radical (unpaired) electrons. The second-order valence-electron chi connectivity index (χ2n) is 3.79. The van der Waals surface area contributed by atoms with Gasteiger partial charge in [-0.3, -0.25) is 4.98 Å².